The van der Waals surface area contributed by atoms with E-state index in [1.54, 1.807) is 29.3 Å². The molecule has 1 amide bonds. The lowest BCUT2D eigenvalue weighted by atomic mass is 10.2. The van der Waals surface area contributed by atoms with Gasteiger partial charge in [-0.05, 0) is 54.9 Å². The minimum atomic E-state index is -0.0807. The molecule has 1 unspecified atom stereocenters. The van der Waals surface area contributed by atoms with E-state index in [0.717, 1.165) is 6.42 Å². The largest absolute Gasteiger partial charge is 0.486 e. The van der Waals surface area contributed by atoms with Crippen LogP contribution in [0.25, 0.3) is 16.4 Å². The molecule has 11 heteroatoms. The molecule has 182 valence electrons. The number of carbonyl (C=O) groups is 1. The number of pyridine rings is 1. The van der Waals surface area contributed by atoms with Crippen LogP contribution in [0.3, 0.4) is 0 Å². The number of hydrogen-bond donors (Lipinski definition) is 1. The van der Waals surface area contributed by atoms with Crippen molar-refractivity contribution in [3.05, 3.63) is 83.7 Å². The van der Waals surface area contributed by atoms with Crippen molar-refractivity contribution in [2.75, 3.05) is 18.4 Å². The molecule has 3 aromatic heterocycles. The standard InChI is InChI=1S/C25H22ClN8O2/c1-2-23(35)34-11-9-17(13-34)30-22-8-6-20-24(32-22)25(28-15-27-20)31-16-5-7-21(19(26)12-16)36-14-18-4-3-10-29-33-18/h2-8,10,12,15,17H,1,9,11,13-14H2,(H-,27,28,29,30,31,32,33)/q-1. The molecule has 1 N–H and O–H groups in total. The fourth-order valence-electron chi connectivity index (χ4n) is 3.85. The van der Waals surface area contributed by atoms with Gasteiger partial charge in [0.2, 0.25) is 5.91 Å². The Bertz CT molecular complexity index is 1400. The quantitative estimate of drug-likeness (QED) is 0.348. The lowest BCUT2D eigenvalue weighted by molar-refractivity contribution is -0.124. The van der Waals surface area contributed by atoms with Crippen LogP contribution < -0.4 is 10.1 Å². The lowest BCUT2D eigenvalue weighted by Gasteiger charge is -2.23. The molecule has 1 aliphatic heterocycles. The van der Waals surface area contributed by atoms with E-state index in [9.17, 15) is 4.79 Å². The number of hydrogen-bond acceptors (Lipinski definition) is 8. The van der Waals surface area contributed by atoms with Crippen LogP contribution >= 0.6 is 11.6 Å². The third kappa shape index (κ3) is 5.33. The third-order valence-corrected chi connectivity index (χ3v) is 5.92. The lowest BCUT2D eigenvalue weighted by Crippen LogP contribution is -2.27. The Labute approximate surface area is 212 Å². The number of amides is 1. The van der Waals surface area contributed by atoms with Crippen molar-refractivity contribution in [3.63, 3.8) is 0 Å². The van der Waals surface area contributed by atoms with E-state index >= 15 is 0 Å². The zero-order valence-corrected chi connectivity index (χ0v) is 20.0. The Morgan fingerprint density at radius 1 is 1.28 bits per heavy atom. The van der Waals surface area contributed by atoms with E-state index in [2.05, 4.69) is 37.0 Å². The molecule has 10 nitrogen and oxygen atoms in total. The minimum Gasteiger partial charge on any atom is -0.486 e. The van der Waals surface area contributed by atoms with E-state index in [0.29, 0.717) is 57.9 Å². The predicted octanol–water partition coefficient (Wildman–Crippen LogP) is 4.58. The third-order valence-electron chi connectivity index (χ3n) is 5.63. The number of benzene rings is 1. The van der Waals surface area contributed by atoms with E-state index in [1.807, 2.05) is 24.3 Å². The zero-order chi connectivity index (χ0) is 24.9. The number of ether oxygens (including phenoxy) is 1. The number of carbonyl (C=O) groups excluding carboxylic acids is 1. The summed E-state index contributed by atoms with van der Waals surface area (Å²) in [6.07, 6.45) is 5.18. The molecule has 1 atom stereocenters. The summed E-state index contributed by atoms with van der Waals surface area (Å²) >= 11 is 6.45. The van der Waals surface area contributed by atoms with Gasteiger partial charge in [0.25, 0.3) is 0 Å². The Morgan fingerprint density at radius 2 is 2.19 bits per heavy atom. The van der Waals surface area contributed by atoms with Gasteiger partial charge in [-0.3, -0.25) is 4.79 Å². The molecule has 1 aromatic carbocycles. The summed E-state index contributed by atoms with van der Waals surface area (Å²) in [5.41, 5.74) is 2.67. The molecule has 0 bridgehead atoms. The van der Waals surface area contributed by atoms with Crippen LogP contribution in [0.2, 0.25) is 5.02 Å². The number of halogens is 1. The molecule has 0 spiro atoms. The first-order valence-corrected chi connectivity index (χ1v) is 11.7. The summed E-state index contributed by atoms with van der Waals surface area (Å²) in [4.78, 5) is 27.0. The maximum atomic E-state index is 11.9. The van der Waals surface area contributed by atoms with Crippen molar-refractivity contribution in [3.8, 4) is 5.75 Å². The summed E-state index contributed by atoms with van der Waals surface area (Å²) in [7, 11) is 0. The average molecular weight is 502 g/mol. The van der Waals surface area contributed by atoms with Gasteiger partial charge in [-0.15, -0.1) is 0 Å². The van der Waals surface area contributed by atoms with Gasteiger partial charge in [0, 0.05) is 30.5 Å². The van der Waals surface area contributed by atoms with Crippen LogP contribution in [-0.2, 0) is 11.4 Å². The van der Waals surface area contributed by atoms with Crippen LogP contribution in [0.1, 0.15) is 12.1 Å². The van der Waals surface area contributed by atoms with E-state index < -0.39 is 0 Å². The summed E-state index contributed by atoms with van der Waals surface area (Å²) in [5.74, 6) is 1.53. The summed E-state index contributed by atoms with van der Waals surface area (Å²) in [6.45, 7) is 5.01. The smallest absolute Gasteiger partial charge is 0.245 e. The van der Waals surface area contributed by atoms with Gasteiger partial charge in [-0.25, -0.2) is 9.97 Å². The van der Waals surface area contributed by atoms with Crippen molar-refractivity contribution in [2.45, 2.75) is 19.1 Å². The molecule has 1 aliphatic rings. The van der Waals surface area contributed by atoms with Gasteiger partial charge < -0.3 is 25.3 Å². The van der Waals surface area contributed by atoms with E-state index in [4.69, 9.17) is 21.7 Å². The topological polar surface area (TPSA) is 120 Å². The van der Waals surface area contributed by atoms with Gasteiger partial charge in [0.1, 0.15) is 30.2 Å². The van der Waals surface area contributed by atoms with E-state index in [-0.39, 0.29) is 18.6 Å². The number of nitrogens with zero attached hydrogens (tertiary/aromatic N) is 7. The first-order chi connectivity index (χ1) is 17.6. The van der Waals surface area contributed by atoms with Crippen molar-refractivity contribution >= 4 is 45.9 Å². The minimum absolute atomic E-state index is 0.0203. The SMILES string of the molecule is C=CC(=O)N1CCC([N-]c2ccc3ncnc(Nc4ccc(OCc5cccnn5)c(Cl)c4)c3n2)C1. The average Bonchev–Trinajstić information content (AvgIpc) is 3.37. The normalized spacial score (nSPS) is 15.0. The molecular weight excluding hydrogens is 480 g/mol. The monoisotopic (exact) mass is 501 g/mol. The van der Waals surface area contributed by atoms with Gasteiger partial charge in [0.15, 0.2) is 0 Å². The summed E-state index contributed by atoms with van der Waals surface area (Å²) in [6, 6.07) is 12.6. The Hall–Kier alpha value is -4.31. The summed E-state index contributed by atoms with van der Waals surface area (Å²) in [5, 5.41) is 16.3. The number of fused-ring (bicyclic) bond motifs is 1. The summed E-state index contributed by atoms with van der Waals surface area (Å²) < 4.78 is 5.76. The van der Waals surface area contributed by atoms with Gasteiger partial charge >= 0.3 is 0 Å². The maximum absolute atomic E-state index is 11.9. The fraction of sp³-hybridized carbons (Fsp3) is 0.200. The predicted molar refractivity (Wildman–Crippen MR) is 137 cm³/mol. The van der Waals surface area contributed by atoms with Crippen molar-refractivity contribution in [2.24, 2.45) is 0 Å². The molecule has 0 saturated carbocycles. The number of nitrogens with one attached hydrogen (secondary N) is 1. The van der Waals surface area contributed by atoms with Crippen LogP contribution in [0.5, 0.6) is 5.75 Å². The Kier molecular flexibility index (Phi) is 6.85. The first kappa shape index (κ1) is 23.4. The highest BCUT2D eigenvalue weighted by atomic mass is 35.5. The van der Waals surface area contributed by atoms with Crippen LogP contribution in [0.15, 0.2) is 67.6 Å². The highest BCUT2D eigenvalue weighted by molar-refractivity contribution is 6.32. The zero-order valence-electron chi connectivity index (χ0n) is 19.2. The Balaban J connectivity index is 1.30. The second-order valence-corrected chi connectivity index (χ2v) is 8.50. The molecular formula is C25H22ClN8O2-. The number of anilines is 2. The molecule has 1 saturated heterocycles. The van der Waals surface area contributed by atoms with Crippen molar-refractivity contribution < 1.29 is 9.53 Å². The highest BCUT2D eigenvalue weighted by Crippen LogP contribution is 2.32. The van der Waals surface area contributed by atoms with E-state index in [1.165, 1.54) is 12.4 Å². The molecule has 1 fully saturated rings. The van der Waals surface area contributed by atoms with Crippen LogP contribution in [0, 0.1) is 0 Å². The van der Waals surface area contributed by atoms with Crippen LogP contribution in [-0.4, -0.2) is 55.1 Å². The van der Waals surface area contributed by atoms with Crippen molar-refractivity contribution in [1.82, 2.24) is 30.0 Å². The molecule has 5 rings (SSSR count). The number of rotatable bonds is 8. The maximum Gasteiger partial charge on any atom is 0.245 e. The highest BCUT2D eigenvalue weighted by Gasteiger charge is 2.22. The first-order valence-electron chi connectivity index (χ1n) is 11.3. The number of aromatic nitrogens is 5. The van der Waals surface area contributed by atoms with Crippen LogP contribution in [0.4, 0.5) is 17.3 Å². The number of likely N-dealkylation sites (tertiary alicyclic amines) is 1. The van der Waals surface area contributed by atoms with Crippen molar-refractivity contribution in [1.29, 1.82) is 0 Å². The molecule has 36 heavy (non-hydrogen) atoms. The van der Waals surface area contributed by atoms with Gasteiger partial charge in [-0.1, -0.05) is 30.1 Å². The molecule has 4 aromatic rings. The van der Waals surface area contributed by atoms with Gasteiger partial charge in [0.05, 0.1) is 10.5 Å². The second kappa shape index (κ2) is 10.5. The molecule has 0 aliphatic carbocycles. The Morgan fingerprint density at radius 3 is 3.00 bits per heavy atom. The second-order valence-electron chi connectivity index (χ2n) is 8.09. The fourth-order valence-corrected chi connectivity index (χ4v) is 4.09. The molecule has 4 heterocycles. The molecule has 0 radical (unpaired) electrons. The van der Waals surface area contributed by atoms with Gasteiger partial charge in [-0.2, -0.15) is 10.2 Å².